The summed E-state index contributed by atoms with van der Waals surface area (Å²) >= 11 is 3.59. The molecule has 5 rings (SSSR count). The van der Waals surface area contributed by atoms with Crippen molar-refractivity contribution in [2.45, 2.75) is 36.6 Å². The molecule has 12 heteroatoms. The molecule has 1 saturated heterocycles. The maximum absolute atomic E-state index is 13.8. The van der Waals surface area contributed by atoms with Gasteiger partial charge in [-0.1, -0.05) is 29.2 Å². The molecule has 4 heterocycles. The number of hydrogen-bond acceptors (Lipinski definition) is 10. The number of fused-ring (bicyclic) bond motifs is 2. The maximum atomic E-state index is 13.8. The summed E-state index contributed by atoms with van der Waals surface area (Å²) in [5.74, 6) is -3.02. The summed E-state index contributed by atoms with van der Waals surface area (Å²) in [5.41, 5.74) is 0.674. The van der Waals surface area contributed by atoms with Crippen LogP contribution in [0.2, 0.25) is 0 Å². The van der Waals surface area contributed by atoms with Gasteiger partial charge in [0.05, 0.1) is 35.4 Å². The monoisotopic (exact) mass is 558 g/mol. The third-order valence-electron chi connectivity index (χ3n) is 6.13. The van der Waals surface area contributed by atoms with Gasteiger partial charge in [-0.3, -0.25) is 23.7 Å². The van der Waals surface area contributed by atoms with E-state index in [1.54, 1.807) is 26.0 Å². The van der Waals surface area contributed by atoms with Crippen LogP contribution in [0, 0.1) is 5.92 Å². The normalized spacial score (nSPS) is 20.5. The van der Waals surface area contributed by atoms with E-state index in [0.717, 1.165) is 32.9 Å². The number of benzene rings is 1. The van der Waals surface area contributed by atoms with Crippen molar-refractivity contribution >= 4 is 63.9 Å². The van der Waals surface area contributed by atoms with Gasteiger partial charge in [-0.15, -0.1) is 11.3 Å². The summed E-state index contributed by atoms with van der Waals surface area (Å²) in [4.78, 5) is 67.0. The van der Waals surface area contributed by atoms with Gasteiger partial charge >= 0.3 is 16.8 Å². The summed E-state index contributed by atoms with van der Waals surface area (Å²) in [6.45, 7) is 3.56. The van der Waals surface area contributed by atoms with Crippen molar-refractivity contribution in [2.75, 3.05) is 18.1 Å². The zero-order chi connectivity index (χ0) is 26.3. The number of thiophene rings is 1. The number of thioether (sulfide) groups is 1. The van der Waals surface area contributed by atoms with Gasteiger partial charge in [0.1, 0.15) is 11.8 Å². The van der Waals surface area contributed by atoms with E-state index in [1.165, 1.54) is 28.0 Å². The molecule has 2 unspecified atom stereocenters. The number of thiazole rings is 1. The van der Waals surface area contributed by atoms with Crippen LogP contribution in [0.25, 0.3) is 0 Å². The molecule has 0 saturated carbocycles. The number of carbonyl (C=O) groups excluding carboxylic acids is 4. The van der Waals surface area contributed by atoms with Crippen LogP contribution >= 0.6 is 34.4 Å². The SMILES string of the molecule is CCOC(=O)Cn1c2c(sc1=O)[C@H](c1cccs1)C1C(=O)N(c3ccc(C(=O)OCC)cc3)C(=O)C1S2. The molecule has 1 aromatic carbocycles. The summed E-state index contributed by atoms with van der Waals surface area (Å²) in [6.07, 6.45) is 0. The molecule has 0 spiro atoms. The Labute approximate surface area is 224 Å². The third kappa shape index (κ3) is 4.42. The fraction of sp³-hybridized carbons (Fsp3) is 0.320. The number of hydrogen-bond donors (Lipinski definition) is 0. The van der Waals surface area contributed by atoms with Gasteiger partial charge in [-0.25, -0.2) is 9.69 Å². The fourth-order valence-electron chi connectivity index (χ4n) is 4.58. The molecule has 9 nitrogen and oxygen atoms in total. The van der Waals surface area contributed by atoms with Gasteiger partial charge in [-0.2, -0.15) is 0 Å². The molecule has 0 N–H and O–H groups in total. The van der Waals surface area contributed by atoms with Gasteiger partial charge in [-0.05, 0) is 49.6 Å². The van der Waals surface area contributed by atoms with E-state index in [-0.39, 0.29) is 30.5 Å². The number of anilines is 1. The number of rotatable bonds is 7. The number of nitrogens with zero attached hydrogens (tertiary/aromatic N) is 2. The molecule has 192 valence electrons. The molecular weight excluding hydrogens is 536 g/mol. The summed E-state index contributed by atoms with van der Waals surface area (Å²) in [6, 6.07) is 9.90. The molecule has 0 aliphatic carbocycles. The summed E-state index contributed by atoms with van der Waals surface area (Å²) < 4.78 is 11.4. The van der Waals surface area contributed by atoms with Crippen LogP contribution < -0.4 is 9.77 Å². The van der Waals surface area contributed by atoms with E-state index < -0.39 is 34.9 Å². The second kappa shape index (κ2) is 10.3. The van der Waals surface area contributed by atoms with Crippen molar-refractivity contribution in [2.24, 2.45) is 5.92 Å². The van der Waals surface area contributed by atoms with E-state index in [4.69, 9.17) is 9.47 Å². The lowest BCUT2D eigenvalue weighted by molar-refractivity contribution is -0.144. The first-order valence-corrected chi connectivity index (χ1v) is 14.2. The Balaban J connectivity index is 1.54. The van der Waals surface area contributed by atoms with Gasteiger partial charge in [0.15, 0.2) is 0 Å². The Morgan fingerprint density at radius 2 is 1.70 bits per heavy atom. The molecule has 2 amide bonds. The van der Waals surface area contributed by atoms with E-state index >= 15 is 0 Å². The highest BCUT2D eigenvalue weighted by Gasteiger charge is 2.57. The predicted molar refractivity (Wildman–Crippen MR) is 139 cm³/mol. The topological polar surface area (TPSA) is 112 Å². The van der Waals surface area contributed by atoms with E-state index in [1.807, 2.05) is 17.5 Å². The summed E-state index contributed by atoms with van der Waals surface area (Å²) in [7, 11) is 0. The zero-order valence-electron chi connectivity index (χ0n) is 19.9. The van der Waals surface area contributed by atoms with Crippen LogP contribution in [0.3, 0.4) is 0 Å². The smallest absolute Gasteiger partial charge is 0.338 e. The molecule has 2 aliphatic rings. The quantitative estimate of drug-likeness (QED) is 0.320. The molecule has 3 aromatic rings. The van der Waals surface area contributed by atoms with E-state index in [9.17, 15) is 24.0 Å². The molecular formula is C25H22N2O7S3. The van der Waals surface area contributed by atoms with E-state index in [2.05, 4.69) is 0 Å². The Bertz CT molecular complexity index is 1430. The molecule has 3 atom stereocenters. The molecule has 0 radical (unpaired) electrons. The van der Waals surface area contributed by atoms with Gasteiger partial charge in [0.2, 0.25) is 11.8 Å². The molecule has 2 aromatic heterocycles. The number of amides is 2. The van der Waals surface area contributed by atoms with Crippen molar-refractivity contribution in [1.82, 2.24) is 4.57 Å². The van der Waals surface area contributed by atoms with Crippen LogP contribution in [0.15, 0.2) is 51.6 Å². The Morgan fingerprint density at radius 3 is 2.35 bits per heavy atom. The highest BCUT2D eigenvalue weighted by molar-refractivity contribution is 8.00. The van der Waals surface area contributed by atoms with Crippen LogP contribution in [0.5, 0.6) is 0 Å². The molecule has 1 fully saturated rings. The number of aromatic nitrogens is 1. The van der Waals surface area contributed by atoms with Gasteiger partial charge < -0.3 is 9.47 Å². The highest BCUT2D eigenvalue weighted by atomic mass is 32.2. The fourth-order valence-corrected chi connectivity index (χ4v) is 8.30. The third-order valence-corrected chi connectivity index (χ3v) is 9.69. The minimum Gasteiger partial charge on any atom is -0.465 e. The van der Waals surface area contributed by atoms with E-state index in [0.29, 0.717) is 21.2 Å². The molecule has 37 heavy (non-hydrogen) atoms. The molecule has 2 aliphatic heterocycles. The second-order valence-electron chi connectivity index (χ2n) is 8.27. The van der Waals surface area contributed by atoms with Gasteiger partial charge in [0.25, 0.3) is 0 Å². The summed E-state index contributed by atoms with van der Waals surface area (Å²) in [5, 5.41) is 1.62. The maximum Gasteiger partial charge on any atom is 0.338 e. The van der Waals surface area contributed by atoms with Crippen molar-refractivity contribution in [1.29, 1.82) is 0 Å². The Hall–Kier alpha value is -3.22. The minimum absolute atomic E-state index is 0.187. The number of ether oxygens (including phenoxy) is 2. The van der Waals surface area contributed by atoms with Crippen molar-refractivity contribution in [3.63, 3.8) is 0 Å². The lowest BCUT2D eigenvalue weighted by atomic mass is 9.87. The predicted octanol–water partition coefficient (Wildman–Crippen LogP) is 3.51. The minimum atomic E-state index is -0.778. The Kier molecular flexibility index (Phi) is 7.06. The lowest BCUT2D eigenvalue weighted by Gasteiger charge is -2.29. The first kappa shape index (κ1) is 25.4. The number of carbonyl (C=O) groups is 4. The number of imide groups is 1. The van der Waals surface area contributed by atoms with Crippen LogP contribution in [0.4, 0.5) is 5.69 Å². The zero-order valence-corrected chi connectivity index (χ0v) is 22.3. The van der Waals surface area contributed by atoms with Crippen LogP contribution in [0.1, 0.15) is 39.9 Å². The standard InChI is InChI=1S/C25H22N2O7S3/c1-3-33-16(28)12-26-23-20(37-25(26)32)17(15-6-5-11-35-15)18-19(36-23)22(30)27(21(18)29)14-9-7-13(8-10-14)24(31)34-4-2/h5-11,17-19H,3-4,12H2,1-2H3/t17-,18?,19?/m1/s1. The largest absolute Gasteiger partial charge is 0.465 e. The van der Waals surface area contributed by atoms with Crippen LogP contribution in [-0.2, 0) is 30.4 Å². The Morgan fingerprint density at radius 1 is 0.973 bits per heavy atom. The second-order valence-corrected chi connectivity index (χ2v) is 11.4. The number of esters is 2. The van der Waals surface area contributed by atoms with Crippen molar-refractivity contribution in [3.05, 3.63) is 66.8 Å². The van der Waals surface area contributed by atoms with Crippen molar-refractivity contribution in [3.8, 4) is 0 Å². The van der Waals surface area contributed by atoms with Gasteiger partial charge in [0, 0.05) is 15.7 Å². The lowest BCUT2D eigenvalue weighted by Crippen LogP contribution is -2.32. The molecule has 0 bridgehead atoms. The average Bonchev–Trinajstić information content (AvgIpc) is 3.57. The first-order valence-electron chi connectivity index (χ1n) is 11.6. The van der Waals surface area contributed by atoms with Crippen LogP contribution in [-0.4, -0.2) is 46.8 Å². The van der Waals surface area contributed by atoms with Crippen molar-refractivity contribution < 1.29 is 28.7 Å². The average molecular weight is 559 g/mol. The first-order chi connectivity index (χ1) is 17.8. The highest BCUT2D eigenvalue weighted by Crippen LogP contribution is 2.54.